The Bertz CT molecular complexity index is 809. The summed E-state index contributed by atoms with van der Waals surface area (Å²) < 4.78 is 0. The van der Waals surface area contributed by atoms with Gasteiger partial charge in [0.25, 0.3) is 0 Å². The van der Waals surface area contributed by atoms with Gasteiger partial charge in [0.2, 0.25) is 0 Å². The van der Waals surface area contributed by atoms with Crippen molar-refractivity contribution in [2.45, 2.75) is 6.42 Å². The maximum absolute atomic E-state index is 4.85. The summed E-state index contributed by atoms with van der Waals surface area (Å²) in [5, 5.41) is 1.16. The van der Waals surface area contributed by atoms with Gasteiger partial charge < -0.3 is 4.90 Å². The van der Waals surface area contributed by atoms with Gasteiger partial charge in [-0.25, -0.2) is 4.98 Å². The van der Waals surface area contributed by atoms with Crippen molar-refractivity contribution in [3.63, 3.8) is 0 Å². The number of fused-ring (bicyclic) bond motifs is 1. The Balaban J connectivity index is 1.97. The average molecular weight is 273 g/mol. The summed E-state index contributed by atoms with van der Waals surface area (Å²) in [6.07, 6.45) is 7.22. The van der Waals surface area contributed by atoms with Crippen LogP contribution >= 0.6 is 0 Å². The number of para-hydroxylation sites is 1. The minimum absolute atomic E-state index is 0.915. The van der Waals surface area contributed by atoms with Crippen molar-refractivity contribution in [3.8, 4) is 11.4 Å². The van der Waals surface area contributed by atoms with E-state index in [1.54, 1.807) is 0 Å². The second kappa shape index (κ2) is 5.02. The molecule has 0 saturated heterocycles. The van der Waals surface area contributed by atoms with Crippen molar-refractivity contribution in [2.24, 2.45) is 0 Å². The van der Waals surface area contributed by atoms with Crippen LogP contribution in [0.25, 0.3) is 22.3 Å². The maximum Gasteiger partial charge on any atom is 0.113 e. The maximum atomic E-state index is 4.85. The molecule has 21 heavy (non-hydrogen) atoms. The SMILES string of the molecule is C1=CN(c2cc3ccccc3nc2-c2ccccn2)CC1. The van der Waals surface area contributed by atoms with Crippen molar-refractivity contribution in [1.82, 2.24) is 9.97 Å². The summed E-state index contributed by atoms with van der Waals surface area (Å²) in [6.45, 7) is 1.000. The largest absolute Gasteiger partial charge is 0.346 e. The predicted octanol–water partition coefficient (Wildman–Crippen LogP) is 4.02. The van der Waals surface area contributed by atoms with Gasteiger partial charge in [0.05, 0.1) is 16.9 Å². The molecule has 0 atom stereocenters. The minimum atomic E-state index is 0.915. The number of aromatic nitrogens is 2. The summed E-state index contributed by atoms with van der Waals surface area (Å²) in [7, 11) is 0. The topological polar surface area (TPSA) is 29.0 Å². The third kappa shape index (κ3) is 2.17. The molecule has 3 nitrogen and oxygen atoms in total. The number of rotatable bonds is 2. The Morgan fingerprint density at radius 2 is 1.90 bits per heavy atom. The third-order valence-electron chi connectivity index (χ3n) is 3.74. The van der Waals surface area contributed by atoms with Crippen molar-refractivity contribution < 1.29 is 0 Å². The lowest BCUT2D eigenvalue weighted by Gasteiger charge is -2.19. The molecule has 1 aliphatic rings. The number of anilines is 1. The predicted molar refractivity (Wildman–Crippen MR) is 86.1 cm³/mol. The van der Waals surface area contributed by atoms with Crippen LogP contribution in [0, 0.1) is 0 Å². The van der Waals surface area contributed by atoms with Crippen LogP contribution in [0.1, 0.15) is 6.42 Å². The molecule has 102 valence electrons. The van der Waals surface area contributed by atoms with Crippen LogP contribution in [-0.2, 0) is 0 Å². The fourth-order valence-electron chi connectivity index (χ4n) is 2.71. The molecule has 0 spiro atoms. The molecule has 3 aromatic rings. The Hall–Kier alpha value is -2.68. The number of pyridine rings is 2. The van der Waals surface area contributed by atoms with Crippen LogP contribution in [0.15, 0.2) is 67.0 Å². The van der Waals surface area contributed by atoms with E-state index < -0.39 is 0 Å². The standard InChI is InChI=1S/C18H15N3/c1-2-8-15-14(7-1)13-17(21-11-5-6-12-21)18(20-15)16-9-3-4-10-19-16/h1-5,7-11,13H,6,12H2. The molecule has 0 radical (unpaired) electrons. The van der Waals surface area contributed by atoms with Crippen molar-refractivity contribution in [3.05, 3.63) is 67.0 Å². The molecule has 3 heterocycles. The van der Waals surface area contributed by atoms with Gasteiger partial charge in [0.1, 0.15) is 5.69 Å². The van der Waals surface area contributed by atoms with Gasteiger partial charge in [-0.2, -0.15) is 0 Å². The van der Waals surface area contributed by atoms with Crippen LogP contribution in [0.3, 0.4) is 0 Å². The van der Waals surface area contributed by atoms with E-state index in [2.05, 4.69) is 34.3 Å². The molecule has 1 aliphatic heterocycles. The van der Waals surface area contributed by atoms with Crippen LogP contribution in [0.4, 0.5) is 5.69 Å². The Morgan fingerprint density at radius 1 is 1.00 bits per heavy atom. The highest BCUT2D eigenvalue weighted by atomic mass is 15.1. The first kappa shape index (κ1) is 12.1. The summed E-state index contributed by atoms with van der Waals surface area (Å²) in [4.78, 5) is 11.6. The van der Waals surface area contributed by atoms with E-state index >= 15 is 0 Å². The van der Waals surface area contributed by atoms with Gasteiger partial charge in [0.15, 0.2) is 0 Å². The van der Waals surface area contributed by atoms with Crippen molar-refractivity contribution in [2.75, 3.05) is 11.4 Å². The molecule has 4 rings (SSSR count). The van der Waals surface area contributed by atoms with Gasteiger partial charge in [-0.15, -0.1) is 0 Å². The molecule has 0 bridgehead atoms. The molecule has 1 aromatic carbocycles. The molecule has 0 saturated carbocycles. The fraction of sp³-hybridized carbons (Fsp3) is 0.111. The zero-order valence-electron chi connectivity index (χ0n) is 11.6. The molecule has 2 aromatic heterocycles. The van der Waals surface area contributed by atoms with Crippen LogP contribution in [0.5, 0.6) is 0 Å². The molecule has 0 amide bonds. The first-order valence-corrected chi connectivity index (χ1v) is 7.16. The highest BCUT2D eigenvalue weighted by Crippen LogP contribution is 2.32. The second-order valence-electron chi connectivity index (χ2n) is 5.13. The minimum Gasteiger partial charge on any atom is -0.346 e. The van der Waals surface area contributed by atoms with Crippen LogP contribution in [-0.4, -0.2) is 16.5 Å². The first-order valence-electron chi connectivity index (χ1n) is 7.16. The van der Waals surface area contributed by atoms with E-state index in [0.29, 0.717) is 0 Å². The summed E-state index contributed by atoms with van der Waals surface area (Å²) in [5.41, 5.74) is 3.99. The third-order valence-corrected chi connectivity index (χ3v) is 3.74. The number of hydrogen-bond donors (Lipinski definition) is 0. The van der Waals surface area contributed by atoms with E-state index in [0.717, 1.165) is 40.9 Å². The first-order chi connectivity index (χ1) is 10.4. The van der Waals surface area contributed by atoms with E-state index in [-0.39, 0.29) is 0 Å². The Kier molecular flexibility index (Phi) is 2.89. The van der Waals surface area contributed by atoms with E-state index in [1.807, 2.05) is 42.6 Å². The lowest BCUT2D eigenvalue weighted by molar-refractivity contribution is 0.996. The van der Waals surface area contributed by atoms with Crippen molar-refractivity contribution in [1.29, 1.82) is 0 Å². The van der Waals surface area contributed by atoms with Gasteiger partial charge in [-0.05, 0) is 30.7 Å². The van der Waals surface area contributed by atoms with Gasteiger partial charge >= 0.3 is 0 Å². The quantitative estimate of drug-likeness (QED) is 0.706. The highest BCUT2D eigenvalue weighted by molar-refractivity contribution is 5.89. The Labute approximate surface area is 123 Å². The molecule has 0 fully saturated rings. The zero-order chi connectivity index (χ0) is 14.1. The lowest BCUT2D eigenvalue weighted by Crippen LogP contribution is -2.14. The summed E-state index contributed by atoms with van der Waals surface area (Å²) in [5.74, 6) is 0. The smallest absolute Gasteiger partial charge is 0.113 e. The van der Waals surface area contributed by atoms with E-state index in [4.69, 9.17) is 4.98 Å². The number of benzene rings is 1. The number of nitrogens with zero attached hydrogens (tertiary/aromatic N) is 3. The molecule has 0 N–H and O–H groups in total. The van der Waals surface area contributed by atoms with Crippen molar-refractivity contribution >= 4 is 16.6 Å². The molecular formula is C18H15N3. The molecule has 0 unspecified atom stereocenters. The molecular weight excluding hydrogens is 258 g/mol. The molecule has 0 aliphatic carbocycles. The Morgan fingerprint density at radius 3 is 2.71 bits per heavy atom. The van der Waals surface area contributed by atoms with Crippen LogP contribution < -0.4 is 4.90 Å². The summed E-state index contributed by atoms with van der Waals surface area (Å²) in [6, 6.07) is 16.4. The molecule has 3 heteroatoms. The van der Waals surface area contributed by atoms with Gasteiger partial charge in [0, 0.05) is 24.3 Å². The lowest BCUT2D eigenvalue weighted by atomic mass is 10.1. The van der Waals surface area contributed by atoms with Gasteiger partial charge in [-0.1, -0.05) is 30.3 Å². The number of hydrogen-bond acceptors (Lipinski definition) is 3. The highest BCUT2D eigenvalue weighted by Gasteiger charge is 2.16. The van der Waals surface area contributed by atoms with Crippen LogP contribution in [0.2, 0.25) is 0 Å². The second-order valence-corrected chi connectivity index (χ2v) is 5.13. The normalized spacial score (nSPS) is 14.0. The zero-order valence-corrected chi connectivity index (χ0v) is 11.6. The van der Waals surface area contributed by atoms with Gasteiger partial charge in [-0.3, -0.25) is 4.98 Å². The van der Waals surface area contributed by atoms with E-state index in [1.165, 1.54) is 0 Å². The summed E-state index contributed by atoms with van der Waals surface area (Å²) >= 11 is 0. The fourth-order valence-corrected chi connectivity index (χ4v) is 2.71. The monoisotopic (exact) mass is 273 g/mol. The van der Waals surface area contributed by atoms with E-state index in [9.17, 15) is 0 Å². The average Bonchev–Trinajstić information content (AvgIpc) is 3.09.